The van der Waals surface area contributed by atoms with Crippen LogP contribution in [0.4, 0.5) is 4.39 Å². The molecule has 3 atom stereocenters. The van der Waals surface area contributed by atoms with Gasteiger partial charge in [0.15, 0.2) is 0 Å². The van der Waals surface area contributed by atoms with Crippen molar-refractivity contribution in [3.05, 3.63) is 35.6 Å². The molecule has 0 radical (unpaired) electrons. The zero-order valence-electron chi connectivity index (χ0n) is 11.2. The maximum absolute atomic E-state index is 13.2. The number of nitrogens with two attached hydrogens (primary N) is 1. The van der Waals surface area contributed by atoms with E-state index in [-0.39, 0.29) is 23.8 Å². The Morgan fingerprint density at radius 1 is 1.63 bits per heavy atom. The summed E-state index contributed by atoms with van der Waals surface area (Å²) in [6.07, 6.45) is 0. The van der Waals surface area contributed by atoms with E-state index in [1.165, 1.54) is 12.1 Å². The maximum atomic E-state index is 13.2. The van der Waals surface area contributed by atoms with Crippen LogP contribution in [-0.2, 0) is 9.53 Å². The summed E-state index contributed by atoms with van der Waals surface area (Å²) in [5, 5.41) is 2.87. The van der Waals surface area contributed by atoms with E-state index in [1.54, 1.807) is 19.1 Å². The van der Waals surface area contributed by atoms with Crippen molar-refractivity contribution >= 4 is 5.91 Å². The molecule has 5 heteroatoms. The lowest BCUT2D eigenvalue weighted by molar-refractivity contribution is -0.131. The predicted octanol–water partition coefficient (Wildman–Crippen LogP) is 1.37. The minimum absolute atomic E-state index is 0.158. The highest BCUT2D eigenvalue weighted by molar-refractivity contribution is 5.84. The molecule has 1 heterocycles. The van der Waals surface area contributed by atoms with Crippen molar-refractivity contribution in [2.24, 2.45) is 11.1 Å². The Morgan fingerprint density at radius 2 is 2.37 bits per heavy atom. The van der Waals surface area contributed by atoms with Crippen molar-refractivity contribution in [3.8, 4) is 0 Å². The van der Waals surface area contributed by atoms with Gasteiger partial charge < -0.3 is 15.8 Å². The predicted molar refractivity (Wildman–Crippen MR) is 69.9 cm³/mol. The lowest BCUT2D eigenvalue weighted by Gasteiger charge is -2.27. The first-order valence-corrected chi connectivity index (χ1v) is 6.33. The standard InChI is InChI=1S/C14H19FN2O2/c1-9(10-4-3-5-11(15)6-10)17-13(18)14(2)8-19-7-12(14)16/h3-6,9,12H,7-8,16H2,1-2H3,(H,17,18)/t9-,12?,14?/m1/s1. The molecule has 0 saturated carbocycles. The maximum Gasteiger partial charge on any atom is 0.230 e. The lowest BCUT2D eigenvalue weighted by Crippen LogP contribution is -2.50. The molecule has 0 spiro atoms. The third-order valence-corrected chi connectivity index (χ3v) is 3.73. The van der Waals surface area contributed by atoms with Crippen molar-refractivity contribution in [2.45, 2.75) is 25.9 Å². The zero-order chi connectivity index (χ0) is 14.0. The van der Waals surface area contributed by atoms with E-state index in [1.807, 2.05) is 6.92 Å². The zero-order valence-corrected chi connectivity index (χ0v) is 11.2. The molecule has 1 fully saturated rings. The molecule has 1 aromatic rings. The van der Waals surface area contributed by atoms with Crippen LogP contribution in [-0.4, -0.2) is 25.2 Å². The van der Waals surface area contributed by atoms with E-state index >= 15 is 0 Å². The molecular formula is C14H19FN2O2. The van der Waals surface area contributed by atoms with Crippen molar-refractivity contribution in [3.63, 3.8) is 0 Å². The number of carbonyl (C=O) groups excluding carboxylic acids is 1. The van der Waals surface area contributed by atoms with Crippen LogP contribution in [0.1, 0.15) is 25.5 Å². The van der Waals surface area contributed by atoms with Gasteiger partial charge in [-0.15, -0.1) is 0 Å². The van der Waals surface area contributed by atoms with Gasteiger partial charge in [-0.25, -0.2) is 4.39 Å². The first-order valence-electron chi connectivity index (χ1n) is 6.33. The highest BCUT2D eigenvalue weighted by Gasteiger charge is 2.44. The van der Waals surface area contributed by atoms with Crippen LogP contribution >= 0.6 is 0 Å². The second kappa shape index (κ2) is 5.27. The van der Waals surface area contributed by atoms with Crippen LogP contribution in [0.15, 0.2) is 24.3 Å². The molecule has 1 aliphatic rings. The molecular weight excluding hydrogens is 247 g/mol. The van der Waals surface area contributed by atoms with Crippen LogP contribution in [0.5, 0.6) is 0 Å². The van der Waals surface area contributed by atoms with Crippen LogP contribution in [0.2, 0.25) is 0 Å². The van der Waals surface area contributed by atoms with E-state index in [0.717, 1.165) is 5.56 Å². The summed E-state index contributed by atoms with van der Waals surface area (Å²) in [6, 6.07) is 5.61. The van der Waals surface area contributed by atoms with Gasteiger partial charge in [0.1, 0.15) is 5.82 Å². The second-order valence-corrected chi connectivity index (χ2v) is 5.29. The number of hydrogen-bond donors (Lipinski definition) is 2. The van der Waals surface area contributed by atoms with Crippen molar-refractivity contribution < 1.29 is 13.9 Å². The van der Waals surface area contributed by atoms with E-state index in [0.29, 0.717) is 13.2 Å². The van der Waals surface area contributed by atoms with Crippen molar-refractivity contribution in [1.82, 2.24) is 5.32 Å². The average Bonchev–Trinajstić information content (AvgIpc) is 2.71. The molecule has 0 aromatic heterocycles. The summed E-state index contributed by atoms with van der Waals surface area (Å²) in [5.74, 6) is -0.472. The van der Waals surface area contributed by atoms with Crippen LogP contribution in [0.3, 0.4) is 0 Å². The number of rotatable bonds is 3. The third kappa shape index (κ3) is 2.77. The first-order chi connectivity index (χ1) is 8.93. The van der Waals surface area contributed by atoms with E-state index < -0.39 is 5.41 Å². The Balaban J connectivity index is 2.07. The van der Waals surface area contributed by atoms with E-state index in [4.69, 9.17) is 10.5 Å². The largest absolute Gasteiger partial charge is 0.379 e. The summed E-state index contributed by atoms with van der Waals surface area (Å²) in [7, 11) is 0. The molecule has 1 amide bonds. The Morgan fingerprint density at radius 3 is 2.95 bits per heavy atom. The first kappa shape index (κ1) is 14.0. The van der Waals surface area contributed by atoms with Gasteiger partial charge in [-0.05, 0) is 31.5 Å². The molecule has 3 N–H and O–H groups in total. The molecule has 1 aromatic carbocycles. The third-order valence-electron chi connectivity index (χ3n) is 3.73. The van der Waals surface area contributed by atoms with Gasteiger partial charge in [-0.3, -0.25) is 4.79 Å². The summed E-state index contributed by atoms with van der Waals surface area (Å²) >= 11 is 0. The van der Waals surface area contributed by atoms with Crippen molar-refractivity contribution in [2.75, 3.05) is 13.2 Å². The fraction of sp³-hybridized carbons (Fsp3) is 0.500. The molecule has 19 heavy (non-hydrogen) atoms. The van der Waals surface area contributed by atoms with E-state index in [9.17, 15) is 9.18 Å². The molecule has 0 bridgehead atoms. The normalized spacial score (nSPS) is 28.1. The fourth-order valence-electron chi connectivity index (χ4n) is 2.14. The number of hydrogen-bond acceptors (Lipinski definition) is 3. The number of nitrogens with one attached hydrogen (secondary N) is 1. The van der Waals surface area contributed by atoms with Crippen molar-refractivity contribution in [1.29, 1.82) is 0 Å². The Bertz CT molecular complexity index is 480. The second-order valence-electron chi connectivity index (χ2n) is 5.29. The minimum atomic E-state index is -0.721. The molecule has 4 nitrogen and oxygen atoms in total. The van der Waals surface area contributed by atoms with Gasteiger partial charge in [0.25, 0.3) is 0 Å². The van der Waals surface area contributed by atoms with Crippen LogP contribution < -0.4 is 11.1 Å². The van der Waals surface area contributed by atoms with Gasteiger partial charge in [0.05, 0.1) is 24.7 Å². The SMILES string of the molecule is C[C@@H](NC(=O)C1(C)COCC1N)c1cccc(F)c1. The summed E-state index contributed by atoms with van der Waals surface area (Å²) in [6.45, 7) is 4.31. The average molecular weight is 266 g/mol. The minimum Gasteiger partial charge on any atom is -0.379 e. The molecule has 1 saturated heterocycles. The van der Waals surface area contributed by atoms with Crippen LogP contribution in [0.25, 0.3) is 0 Å². The van der Waals surface area contributed by atoms with E-state index in [2.05, 4.69) is 5.32 Å². The highest BCUT2D eigenvalue weighted by atomic mass is 19.1. The smallest absolute Gasteiger partial charge is 0.230 e. The number of benzene rings is 1. The summed E-state index contributed by atoms with van der Waals surface area (Å²) < 4.78 is 18.4. The Kier molecular flexibility index (Phi) is 3.87. The van der Waals surface area contributed by atoms with Gasteiger partial charge in [0.2, 0.25) is 5.91 Å². The molecule has 1 aliphatic heterocycles. The Hall–Kier alpha value is -1.46. The number of halogens is 1. The number of amides is 1. The lowest BCUT2D eigenvalue weighted by atomic mass is 9.84. The Labute approximate surface area is 112 Å². The summed E-state index contributed by atoms with van der Waals surface area (Å²) in [5.41, 5.74) is 5.91. The monoisotopic (exact) mass is 266 g/mol. The fourth-order valence-corrected chi connectivity index (χ4v) is 2.14. The topological polar surface area (TPSA) is 64.3 Å². The summed E-state index contributed by atoms with van der Waals surface area (Å²) in [4.78, 5) is 12.3. The highest BCUT2D eigenvalue weighted by Crippen LogP contribution is 2.28. The van der Waals surface area contributed by atoms with Gasteiger partial charge in [-0.2, -0.15) is 0 Å². The van der Waals surface area contributed by atoms with Gasteiger partial charge >= 0.3 is 0 Å². The van der Waals surface area contributed by atoms with Gasteiger partial charge in [0, 0.05) is 6.04 Å². The van der Waals surface area contributed by atoms with Crippen LogP contribution in [0, 0.1) is 11.2 Å². The number of carbonyl (C=O) groups is 1. The van der Waals surface area contributed by atoms with Gasteiger partial charge in [-0.1, -0.05) is 12.1 Å². The molecule has 2 unspecified atom stereocenters. The number of ether oxygens (including phenoxy) is 1. The molecule has 104 valence electrons. The quantitative estimate of drug-likeness (QED) is 0.868. The molecule has 2 rings (SSSR count). The molecule has 0 aliphatic carbocycles.